The molecule has 6 heteroatoms. The van der Waals surface area contributed by atoms with Crippen molar-refractivity contribution in [1.29, 1.82) is 0 Å². The minimum atomic E-state index is -0.842. The van der Waals surface area contributed by atoms with Crippen LogP contribution < -0.4 is 5.32 Å². The molecule has 0 spiro atoms. The number of unbranched alkanes of at least 4 members (excludes halogenated alkanes) is 53. The minimum absolute atomic E-state index is 0.00667. The summed E-state index contributed by atoms with van der Waals surface area (Å²) in [4.78, 5) is 24.6. The first-order chi connectivity index (χ1) is 41.0. The van der Waals surface area contributed by atoms with Crippen molar-refractivity contribution in [2.75, 3.05) is 13.2 Å². The Morgan fingerprint density at radius 1 is 0.337 bits per heavy atom. The van der Waals surface area contributed by atoms with Gasteiger partial charge in [0.25, 0.3) is 0 Å². The number of carbonyl (C=O) groups excluding carboxylic acids is 2. The maximum atomic E-state index is 12.5. The monoisotopic (exact) mass is 1160 g/mol. The second kappa shape index (κ2) is 72.3. The molecule has 488 valence electrons. The minimum Gasteiger partial charge on any atom is -0.466 e. The van der Waals surface area contributed by atoms with Gasteiger partial charge in [0, 0.05) is 12.8 Å². The lowest BCUT2D eigenvalue weighted by atomic mass is 10.0. The first kappa shape index (κ1) is 80.8. The van der Waals surface area contributed by atoms with Gasteiger partial charge < -0.3 is 20.3 Å². The second-order valence-corrected chi connectivity index (χ2v) is 25.6. The highest BCUT2D eigenvalue weighted by Crippen LogP contribution is 2.19. The maximum absolute atomic E-state index is 12.5. The Labute approximate surface area is 518 Å². The fraction of sp³-hybridized carbons (Fsp3) is 0.870. The molecule has 6 nitrogen and oxygen atoms in total. The van der Waals surface area contributed by atoms with Crippen LogP contribution in [0.15, 0.2) is 48.6 Å². The highest BCUT2D eigenvalue weighted by atomic mass is 16.5. The topological polar surface area (TPSA) is 95.9 Å². The summed E-state index contributed by atoms with van der Waals surface area (Å²) in [5.41, 5.74) is 0. The van der Waals surface area contributed by atoms with Gasteiger partial charge in [-0.2, -0.15) is 0 Å². The van der Waals surface area contributed by atoms with Gasteiger partial charge in [-0.3, -0.25) is 9.59 Å². The fourth-order valence-electron chi connectivity index (χ4n) is 11.6. The quantitative estimate of drug-likeness (QED) is 0.0320. The summed E-state index contributed by atoms with van der Waals surface area (Å²) in [5.74, 6) is -0.0557. The van der Waals surface area contributed by atoms with E-state index in [9.17, 15) is 19.8 Å². The van der Waals surface area contributed by atoms with Crippen LogP contribution in [0.1, 0.15) is 406 Å². The van der Waals surface area contributed by atoms with Crippen molar-refractivity contribution in [1.82, 2.24) is 5.32 Å². The number of hydrogen-bond acceptors (Lipinski definition) is 5. The van der Waals surface area contributed by atoms with Crippen LogP contribution in [0.2, 0.25) is 0 Å². The molecule has 1 amide bonds. The normalized spacial score (nSPS) is 12.8. The number of rotatable bonds is 70. The zero-order chi connectivity index (χ0) is 59.9. The zero-order valence-electron chi connectivity index (χ0n) is 55.9. The number of carbonyl (C=O) groups is 2. The zero-order valence-corrected chi connectivity index (χ0v) is 55.9. The number of hydrogen-bond donors (Lipinski definition) is 3. The van der Waals surface area contributed by atoms with Crippen LogP contribution in [-0.2, 0) is 14.3 Å². The van der Waals surface area contributed by atoms with Crippen LogP contribution in [0.25, 0.3) is 0 Å². The molecule has 83 heavy (non-hydrogen) atoms. The van der Waals surface area contributed by atoms with Crippen molar-refractivity contribution < 1.29 is 24.5 Å². The highest BCUT2D eigenvalue weighted by Gasteiger charge is 2.18. The lowest BCUT2D eigenvalue weighted by Crippen LogP contribution is -2.45. The van der Waals surface area contributed by atoms with E-state index in [4.69, 9.17) is 4.74 Å². The maximum Gasteiger partial charge on any atom is 0.305 e. The van der Waals surface area contributed by atoms with Crippen LogP contribution in [-0.4, -0.2) is 47.4 Å². The Morgan fingerprint density at radius 2 is 0.602 bits per heavy atom. The number of esters is 1. The second-order valence-electron chi connectivity index (χ2n) is 25.6. The van der Waals surface area contributed by atoms with Gasteiger partial charge in [0.1, 0.15) is 0 Å². The molecule has 0 fully saturated rings. The predicted molar refractivity (Wildman–Crippen MR) is 366 cm³/mol. The van der Waals surface area contributed by atoms with E-state index in [2.05, 4.69) is 55.6 Å². The third-order valence-electron chi connectivity index (χ3n) is 17.3. The van der Waals surface area contributed by atoms with Crippen molar-refractivity contribution in [2.24, 2.45) is 0 Å². The summed E-state index contributed by atoms with van der Waals surface area (Å²) in [7, 11) is 0. The molecule has 0 heterocycles. The SMILES string of the molecule is CCCCCC/C=C\C/C=C\CCCCCCCC(=O)OCCCCCCCCCCCCCCCC/C=C\CCCCCCCCCCCCCCCCCCCC(=O)NC(CO)C(O)/C=C/CCCCCCCCCCCCCCC. The molecule has 0 aliphatic rings. The van der Waals surface area contributed by atoms with E-state index in [1.54, 1.807) is 6.08 Å². The van der Waals surface area contributed by atoms with Crippen molar-refractivity contribution in [3.8, 4) is 0 Å². The van der Waals surface area contributed by atoms with E-state index in [0.29, 0.717) is 19.4 Å². The Hall–Kier alpha value is -2.18. The highest BCUT2D eigenvalue weighted by molar-refractivity contribution is 5.76. The Kier molecular flexibility index (Phi) is 70.4. The van der Waals surface area contributed by atoms with Gasteiger partial charge in [-0.25, -0.2) is 0 Å². The first-order valence-electron chi connectivity index (χ1n) is 37.4. The van der Waals surface area contributed by atoms with E-state index in [0.717, 1.165) is 51.4 Å². The summed E-state index contributed by atoms with van der Waals surface area (Å²) in [6.45, 7) is 4.91. The molecule has 0 aromatic rings. The number of amides is 1. The predicted octanol–water partition coefficient (Wildman–Crippen LogP) is 24.4. The molecule has 0 rings (SSSR count). The number of allylic oxidation sites excluding steroid dienone is 7. The number of ether oxygens (including phenoxy) is 1. The van der Waals surface area contributed by atoms with Crippen LogP contribution in [0.5, 0.6) is 0 Å². The summed E-state index contributed by atoms with van der Waals surface area (Å²) in [6, 6.07) is -0.625. The Balaban J connectivity index is 3.35. The summed E-state index contributed by atoms with van der Waals surface area (Å²) < 4.78 is 5.49. The van der Waals surface area contributed by atoms with E-state index in [1.165, 1.54) is 327 Å². The molecule has 2 atom stereocenters. The van der Waals surface area contributed by atoms with Gasteiger partial charge in [-0.15, -0.1) is 0 Å². The molecule has 0 aromatic heterocycles. The molecule has 0 aliphatic carbocycles. The molecule has 0 aromatic carbocycles. The molecule has 0 saturated heterocycles. The molecule has 0 bridgehead atoms. The third kappa shape index (κ3) is 68.8. The van der Waals surface area contributed by atoms with Crippen LogP contribution >= 0.6 is 0 Å². The van der Waals surface area contributed by atoms with Crippen molar-refractivity contribution >= 4 is 11.9 Å². The Bertz CT molecular complexity index is 1390. The summed E-state index contributed by atoms with van der Waals surface area (Å²) >= 11 is 0. The molecule has 0 radical (unpaired) electrons. The van der Waals surface area contributed by atoms with Gasteiger partial charge >= 0.3 is 5.97 Å². The van der Waals surface area contributed by atoms with Gasteiger partial charge in [-0.1, -0.05) is 351 Å². The number of nitrogens with one attached hydrogen (secondary N) is 1. The van der Waals surface area contributed by atoms with Crippen molar-refractivity contribution in [3.05, 3.63) is 48.6 Å². The van der Waals surface area contributed by atoms with E-state index < -0.39 is 12.1 Å². The molecule has 0 aliphatic heterocycles. The summed E-state index contributed by atoms with van der Waals surface area (Å²) in [6.07, 6.45) is 95.0. The summed E-state index contributed by atoms with van der Waals surface area (Å²) in [5, 5.41) is 23.2. The average molecular weight is 1170 g/mol. The van der Waals surface area contributed by atoms with Crippen molar-refractivity contribution in [3.63, 3.8) is 0 Å². The molecule has 3 N–H and O–H groups in total. The van der Waals surface area contributed by atoms with Crippen molar-refractivity contribution in [2.45, 2.75) is 418 Å². The number of aliphatic hydroxyl groups excluding tert-OH is 2. The lowest BCUT2D eigenvalue weighted by Gasteiger charge is -2.20. The van der Waals surface area contributed by atoms with Gasteiger partial charge in [-0.05, 0) is 89.9 Å². The van der Waals surface area contributed by atoms with Crippen LogP contribution in [0.3, 0.4) is 0 Å². The lowest BCUT2D eigenvalue weighted by molar-refractivity contribution is -0.143. The van der Waals surface area contributed by atoms with Gasteiger partial charge in [0.2, 0.25) is 5.91 Å². The van der Waals surface area contributed by atoms with E-state index in [-0.39, 0.29) is 18.5 Å². The largest absolute Gasteiger partial charge is 0.466 e. The van der Waals surface area contributed by atoms with Crippen LogP contribution in [0.4, 0.5) is 0 Å². The fourth-order valence-corrected chi connectivity index (χ4v) is 11.6. The van der Waals surface area contributed by atoms with Crippen LogP contribution in [0, 0.1) is 0 Å². The number of aliphatic hydroxyl groups is 2. The van der Waals surface area contributed by atoms with E-state index in [1.807, 2.05) is 6.08 Å². The molecule has 0 saturated carbocycles. The van der Waals surface area contributed by atoms with Gasteiger partial charge in [0.05, 0.1) is 25.4 Å². The average Bonchev–Trinajstić information content (AvgIpc) is 3.49. The standard InChI is InChI=1S/C77H145NO5/c1-3-5-7-9-11-13-15-17-19-43-47-51-55-59-63-67-71-77(82)83-72-68-64-60-56-52-48-44-40-38-36-34-32-30-28-26-24-22-20-21-23-25-27-29-31-33-35-37-39-42-46-50-54-58-62-66-70-76(81)78-74(73-79)75(80)69-65-61-57-53-49-45-41-18-16-14-12-10-8-6-4-2/h13,15,19,22,24,43,65,69,74-75,79-80H,3-12,14,16-18,20-21,23,25-42,44-64,66-68,70-73H2,1-2H3,(H,78,81)/b15-13-,24-22-,43-19-,69-65+. The third-order valence-corrected chi connectivity index (χ3v) is 17.3. The molecule has 2 unspecified atom stereocenters. The Morgan fingerprint density at radius 3 is 0.940 bits per heavy atom. The smallest absolute Gasteiger partial charge is 0.305 e. The first-order valence-corrected chi connectivity index (χ1v) is 37.4. The van der Waals surface area contributed by atoms with Gasteiger partial charge in [0.15, 0.2) is 0 Å². The van der Waals surface area contributed by atoms with E-state index >= 15 is 0 Å². The molecular formula is C77H145NO5. The molecular weight excluding hydrogens is 1020 g/mol.